The van der Waals surface area contributed by atoms with Crippen LogP contribution in [0.2, 0.25) is 0 Å². The number of carbonyl (C=O) groups excluding carboxylic acids is 1. The van der Waals surface area contributed by atoms with E-state index in [1.165, 1.54) is 0 Å². The van der Waals surface area contributed by atoms with Gasteiger partial charge in [-0.25, -0.2) is 0 Å². The number of benzene rings is 2. The molecule has 0 spiro atoms. The van der Waals surface area contributed by atoms with E-state index in [2.05, 4.69) is 26.6 Å². The minimum absolute atomic E-state index is 0.115. The van der Waals surface area contributed by atoms with Gasteiger partial charge in [-0.2, -0.15) is 0 Å². The number of carbonyl (C=O) groups is 1. The van der Waals surface area contributed by atoms with Crippen LogP contribution in [0, 0.1) is 0 Å². The normalized spacial score (nSPS) is 9.89. The molecule has 18 heavy (non-hydrogen) atoms. The van der Waals surface area contributed by atoms with Crippen LogP contribution in [0.15, 0.2) is 53.0 Å². The molecule has 0 fully saturated rings. The second kappa shape index (κ2) is 5.69. The average molecular weight is 305 g/mol. The fourth-order valence-electron chi connectivity index (χ4n) is 1.56. The fraction of sp³-hybridized carbons (Fsp3) is 0.0714. The third-order valence-corrected chi connectivity index (χ3v) is 3.01. The van der Waals surface area contributed by atoms with E-state index >= 15 is 0 Å². The number of anilines is 2. The lowest BCUT2D eigenvalue weighted by atomic mass is 10.2. The van der Waals surface area contributed by atoms with Crippen LogP contribution in [0.4, 0.5) is 11.4 Å². The van der Waals surface area contributed by atoms with Crippen LogP contribution in [0.25, 0.3) is 0 Å². The van der Waals surface area contributed by atoms with E-state index in [1.807, 2.05) is 43.4 Å². The lowest BCUT2D eigenvalue weighted by molar-refractivity contribution is 0.102. The highest BCUT2D eigenvalue weighted by Gasteiger charge is 2.05. The van der Waals surface area contributed by atoms with E-state index < -0.39 is 0 Å². The molecular formula is C14H13BrN2O. The summed E-state index contributed by atoms with van der Waals surface area (Å²) >= 11 is 3.37. The summed E-state index contributed by atoms with van der Waals surface area (Å²) in [7, 11) is 1.84. The molecule has 2 rings (SSSR count). The maximum absolute atomic E-state index is 12.0. The molecule has 2 N–H and O–H groups in total. The Balaban J connectivity index is 2.11. The van der Waals surface area contributed by atoms with Crippen LogP contribution in [0.3, 0.4) is 0 Å². The van der Waals surface area contributed by atoms with Crippen molar-refractivity contribution in [2.75, 3.05) is 17.7 Å². The van der Waals surface area contributed by atoms with Crippen molar-refractivity contribution in [1.82, 2.24) is 0 Å². The van der Waals surface area contributed by atoms with E-state index in [0.717, 1.165) is 15.8 Å². The molecule has 0 aliphatic heterocycles. The van der Waals surface area contributed by atoms with Gasteiger partial charge in [0.25, 0.3) is 5.91 Å². The highest BCUT2D eigenvalue weighted by Crippen LogP contribution is 2.17. The molecule has 92 valence electrons. The van der Waals surface area contributed by atoms with E-state index in [9.17, 15) is 4.79 Å². The molecular weight excluding hydrogens is 292 g/mol. The maximum Gasteiger partial charge on any atom is 0.255 e. The first-order valence-electron chi connectivity index (χ1n) is 5.54. The Labute approximate surface area is 114 Å². The molecule has 0 radical (unpaired) electrons. The maximum atomic E-state index is 12.0. The van der Waals surface area contributed by atoms with Crippen LogP contribution in [0.5, 0.6) is 0 Å². The van der Waals surface area contributed by atoms with Crippen LogP contribution >= 0.6 is 15.9 Å². The monoisotopic (exact) mass is 304 g/mol. The standard InChI is InChI=1S/C14H13BrN2O/c1-16-12-7-5-10(6-8-12)14(18)17-13-4-2-3-11(15)9-13/h2-9,16H,1H3,(H,17,18). The topological polar surface area (TPSA) is 41.1 Å². The summed E-state index contributed by atoms with van der Waals surface area (Å²) < 4.78 is 0.936. The molecule has 1 amide bonds. The molecule has 2 aromatic carbocycles. The Morgan fingerprint density at radius 3 is 2.39 bits per heavy atom. The molecule has 0 heterocycles. The molecule has 0 saturated heterocycles. The number of nitrogens with one attached hydrogen (secondary N) is 2. The van der Waals surface area contributed by atoms with E-state index in [0.29, 0.717) is 5.56 Å². The van der Waals surface area contributed by atoms with Crippen molar-refractivity contribution in [2.24, 2.45) is 0 Å². The zero-order valence-electron chi connectivity index (χ0n) is 9.91. The second-order valence-electron chi connectivity index (χ2n) is 3.79. The van der Waals surface area contributed by atoms with Crippen molar-refractivity contribution in [2.45, 2.75) is 0 Å². The van der Waals surface area contributed by atoms with E-state index in [1.54, 1.807) is 12.1 Å². The van der Waals surface area contributed by atoms with Gasteiger partial charge in [-0.15, -0.1) is 0 Å². The summed E-state index contributed by atoms with van der Waals surface area (Å²) in [5.74, 6) is -0.115. The SMILES string of the molecule is CNc1ccc(C(=O)Nc2cccc(Br)c2)cc1. The minimum Gasteiger partial charge on any atom is -0.388 e. The van der Waals surface area contributed by atoms with Gasteiger partial charge in [0.05, 0.1) is 0 Å². The first-order chi connectivity index (χ1) is 8.69. The summed E-state index contributed by atoms with van der Waals surface area (Å²) in [6.45, 7) is 0. The molecule has 4 heteroatoms. The number of hydrogen-bond donors (Lipinski definition) is 2. The van der Waals surface area contributed by atoms with Crippen molar-refractivity contribution in [3.8, 4) is 0 Å². The molecule has 0 unspecified atom stereocenters. The van der Waals surface area contributed by atoms with Crippen molar-refractivity contribution in [3.63, 3.8) is 0 Å². The molecule has 3 nitrogen and oxygen atoms in total. The van der Waals surface area contributed by atoms with Crippen molar-refractivity contribution in [3.05, 3.63) is 58.6 Å². The smallest absolute Gasteiger partial charge is 0.255 e. The molecule has 0 aromatic heterocycles. The van der Waals surface area contributed by atoms with Crippen LogP contribution < -0.4 is 10.6 Å². The molecule has 0 atom stereocenters. The van der Waals surface area contributed by atoms with Gasteiger partial charge in [-0.3, -0.25) is 4.79 Å². The number of halogens is 1. The van der Waals surface area contributed by atoms with E-state index in [4.69, 9.17) is 0 Å². The fourth-order valence-corrected chi connectivity index (χ4v) is 1.96. The van der Waals surface area contributed by atoms with Crippen molar-refractivity contribution >= 4 is 33.2 Å². The molecule has 0 aliphatic carbocycles. The Bertz CT molecular complexity index is 552. The van der Waals surface area contributed by atoms with Gasteiger partial charge in [0, 0.05) is 28.5 Å². The lowest BCUT2D eigenvalue weighted by Gasteiger charge is -2.06. The van der Waals surface area contributed by atoms with E-state index in [-0.39, 0.29) is 5.91 Å². The Morgan fingerprint density at radius 2 is 1.78 bits per heavy atom. The minimum atomic E-state index is -0.115. The number of hydrogen-bond acceptors (Lipinski definition) is 2. The Hall–Kier alpha value is -1.81. The lowest BCUT2D eigenvalue weighted by Crippen LogP contribution is -2.11. The zero-order valence-corrected chi connectivity index (χ0v) is 11.5. The third kappa shape index (κ3) is 3.11. The average Bonchev–Trinajstić information content (AvgIpc) is 2.39. The number of rotatable bonds is 3. The Kier molecular flexibility index (Phi) is 3.99. The van der Waals surface area contributed by atoms with Crippen LogP contribution in [-0.2, 0) is 0 Å². The van der Waals surface area contributed by atoms with Crippen LogP contribution in [-0.4, -0.2) is 13.0 Å². The van der Waals surface area contributed by atoms with Crippen LogP contribution in [0.1, 0.15) is 10.4 Å². The molecule has 0 aliphatic rings. The van der Waals surface area contributed by atoms with Gasteiger partial charge >= 0.3 is 0 Å². The summed E-state index contributed by atoms with van der Waals surface area (Å²) in [6, 6.07) is 14.8. The second-order valence-corrected chi connectivity index (χ2v) is 4.71. The first-order valence-corrected chi connectivity index (χ1v) is 6.33. The van der Waals surface area contributed by atoms with Gasteiger partial charge in [0.2, 0.25) is 0 Å². The molecule has 0 bridgehead atoms. The molecule has 0 saturated carbocycles. The molecule has 2 aromatic rings. The summed E-state index contributed by atoms with van der Waals surface area (Å²) in [4.78, 5) is 12.0. The van der Waals surface area contributed by atoms with Gasteiger partial charge in [-0.1, -0.05) is 22.0 Å². The van der Waals surface area contributed by atoms with Gasteiger partial charge in [0.1, 0.15) is 0 Å². The van der Waals surface area contributed by atoms with Gasteiger partial charge < -0.3 is 10.6 Å². The largest absolute Gasteiger partial charge is 0.388 e. The summed E-state index contributed by atoms with van der Waals surface area (Å²) in [5.41, 5.74) is 2.38. The predicted molar refractivity (Wildman–Crippen MR) is 78.1 cm³/mol. The highest BCUT2D eigenvalue weighted by atomic mass is 79.9. The number of amides is 1. The predicted octanol–water partition coefficient (Wildman–Crippen LogP) is 3.74. The summed E-state index contributed by atoms with van der Waals surface area (Å²) in [5, 5.41) is 5.86. The van der Waals surface area contributed by atoms with Crippen molar-refractivity contribution < 1.29 is 4.79 Å². The summed E-state index contributed by atoms with van der Waals surface area (Å²) in [6.07, 6.45) is 0. The first kappa shape index (κ1) is 12.6. The van der Waals surface area contributed by atoms with Crippen molar-refractivity contribution in [1.29, 1.82) is 0 Å². The van der Waals surface area contributed by atoms with Gasteiger partial charge in [0.15, 0.2) is 0 Å². The quantitative estimate of drug-likeness (QED) is 0.907. The highest BCUT2D eigenvalue weighted by molar-refractivity contribution is 9.10. The Morgan fingerprint density at radius 1 is 1.06 bits per heavy atom. The zero-order chi connectivity index (χ0) is 13.0. The van der Waals surface area contributed by atoms with Gasteiger partial charge in [-0.05, 0) is 42.5 Å². The third-order valence-electron chi connectivity index (χ3n) is 2.52.